The standard InChI is InChI=1S/C10H21NS/c1-5-6-11-7-10(4)12-8-9(2)3/h5,9-11H,1,6-8H2,2-4H3. The SMILES string of the molecule is C=CCNCC(C)SCC(C)C. The minimum Gasteiger partial charge on any atom is -0.312 e. The fourth-order valence-electron chi connectivity index (χ4n) is 0.804. The Balaban J connectivity index is 3.21. The fraction of sp³-hybridized carbons (Fsp3) is 0.800. The van der Waals surface area contributed by atoms with Gasteiger partial charge in [-0.3, -0.25) is 0 Å². The molecule has 0 aromatic heterocycles. The molecule has 0 saturated heterocycles. The summed E-state index contributed by atoms with van der Waals surface area (Å²) in [6, 6.07) is 0. The van der Waals surface area contributed by atoms with E-state index in [0.29, 0.717) is 5.25 Å². The van der Waals surface area contributed by atoms with Gasteiger partial charge in [0, 0.05) is 18.3 Å². The third kappa shape index (κ3) is 8.15. The van der Waals surface area contributed by atoms with Crippen molar-refractivity contribution in [3.8, 4) is 0 Å². The van der Waals surface area contributed by atoms with E-state index in [1.807, 2.05) is 17.8 Å². The van der Waals surface area contributed by atoms with E-state index in [9.17, 15) is 0 Å². The second kappa shape index (κ2) is 7.69. The maximum Gasteiger partial charge on any atom is 0.0144 e. The zero-order chi connectivity index (χ0) is 9.40. The number of rotatable bonds is 7. The predicted octanol–water partition coefficient (Wildman–Crippen LogP) is 2.54. The minimum atomic E-state index is 0.715. The zero-order valence-corrected chi connectivity index (χ0v) is 9.29. The number of nitrogens with one attached hydrogen (secondary N) is 1. The topological polar surface area (TPSA) is 12.0 Å². The van der Waals surface area contributed by atoms with Gasteiger partial charge in [0.05, 0.1) is 0 Å². The summed E-state index contributed by atoms with van der Waals surface area (Å²) in [6.07, 6.45) is 1.90. The smallest absolute Gasteiger partial charge is 0.0144 e. The molecule has 0 radical (unpaired) electrons. The lowest BCUT2D eigenvalue weighted by Crippen LogP contribution is -2.23. The summed E-state index contributed by atoms with van der Waals surface area (Å²) < 4.78 is 0. The molecule has 0 fully saturated rings. The van der Waals surface area contributed by atoms with E-state index in [0.717, 1.165) is 19.0 Å². The van der Waals surface area contributed by atoms with Gasteiger partial charge in [0.25, 0.3) is 0 Å². The van der Waals surface area contributed by atoms with E-state index in [-0.39, 0.29) is 0 Å². The number of hydrogen-bond donors (Lipinski definition) is 1. The second-order valence-corrected chi connectivity index (χ2v) is 4.96. The molecule has 2 heteroatoms. The molecule has 0 aliphatic rings. The van der Waals surface area contributed by atoms with Gasteiger partial charge in [-0.2, -0.15) is 11.8 Å². The Bertz CT molecular complexity index is 112. The molecule has 0 heterocycles. The Morgan fingerprint density at radius 1 is 1.42 bits per heavy atom. The quantitative estimate of drug-likeness (QED) is 0.485. The monoisotopic (exact) mass is 187 g/mol. The third-order valence-corrected chi connectivity index (χ3v) is 3.03. The van der Waals surface area contributed by atoms with Gasteiger partial charge < -0.3 is 5.32 Å². The average molecular weight is 187 g/mol. The van der Waals surface area contributed by atoms with Crippen LogP contribution >= 0.6 is 11.8 Å². The molecule has 0 aromatic rings. The second-order valence-electron chi connectivity index (χ2n) is 3.48. The third-order valence-electron chi connectivity index (χ3n) is 1.43. The van der Waals surface area contributed by atoms with Crippen LogP contribution in [-0.2, 0) is 0 Å². The molecule has 72 valence electrons. The first-order chi connectivity index (χ1) is 5.66. The van der Waals surface area contributed by atoms with Gasteiger partial charge in [-0.15, -0.1) is 6.58 Å². The van der Waals surface area contributed by atoms with Crippen LogP contribution in [0, 0.1) is 5.92 Å². The Morgan fingerprint density at radius 3 is 2.58 bits per heavy atom. The Morgan fingerprint density at radius 2 is 2.08 bits per heavy atom. The molecule has 0 rings (SSSR count). The van der Waals surface area contributed by atoms with Gasteiger partial charge in [-0.1, -0.05) is 26.8 Å². The van der Waals surface area contributed by atoms with Gasteiger partial charge in [0.2, 0.25) is 0 Å². The lowest BCUT2D eigenvalue weighted by atomic mass is 10.3. The highest BCUT2D eigenvalue weighted by Gasteiger charge is 2.02. The van der Waals surface area contributed by atoms with E-state index >= 15 is 0 Å². The van der Waals surface area contributed by atoms with Crippen LogP contribution < -0.4 is 5.32 Å². The highest BCUT2D eigenvalue weighted by molar-refractivity contribution is 7.99. The predicted molar refractivity (Wildman–Crippen MR) is 59.8 cm³/mol. The van der Waals surface area contributed by atoms with Crippen molar-refractivity contribution in [1.29, 1.82) is 0 Å². The fourth-order valence-corrected chi connectivity index (χ4v) is 1.75. The molecule has 0 aromatic carbocycles. The van der Waals surface area contributed by atoms with Crippen molar-refractivity contribution in [2.45, 2.75) is 26.0 Å². The van der Waals surface area contributed by atoms with Crippen molar-refractivity contribution in [3.63, 3.8) is 0 Å². The van der Waals surface area contributed by atoms with Gasteiger partial charge >= 0.3 is 0 Å². The highest BCUT2D eigenvalue weighted by atomic mass is 32.2. The maximum atomic E-state index is 3.66. The normalized spacial score (nSPS) is 13.3. The molecular weight excluding hydrogens is 166 g/mol. The van der Waals surface area contributed by atoms with Crippen LogP contribution in [0.3, 0.4) is 0 Å². The summed E-state index contributed by atoms with van der Waals surface area (Å²) in [6.45, 7) is 12.5. The van der Waals surface area contributed by atoms with Crippen molar-refractivity contribution in [1.82, 2.24) is 5.32 Å². The zero-order valence-electron chi connectivity index (χ0n) is 8.47. The van der Waals surface area contributed by atoms with Crippen molar-refractivity contribution < 1.29 is 0 Å². The van der Waals surface area contributed by atoms with Crippen molar-refractivity contribution in [2.24, 2.45) is 5.92 Å². The van der Waals surface area contributed by atoms with Crippen LogP contribution in [0.4, 0.5) is 0 Å². The lowest BCUT2D eigenvalue weighted by molar-refractivity contribution is 0.724. The molecular formula is C10H21NS. The summed E-state index contributed by atoms with van der Waals surface area (Å²) in [7, 11) is 0. The molecule has 1 N–H and O–H groups in total. The van der Waals surface area contributed by atoms with Gasteiger partial charge in [0.15, 0.2) is 0 Å². The molecule has 0 aliphatic heterocycles. The number of thioether (sulfide) groups is 1. The highest BCUT2D eigenvalue weighted by Crippen LogP contribution is 2.13. The first-order valence-electron chi connectivity index (χ1n) is 4.60. The van der Waals surface area contributed by atoms with Crippen molar-refractivity contribution >= 4 is 11.8 Å². The maximum absolute atomic E-state index is 3.66. The lowest BCUT2D eigenvalue weighted by Gasteiger charge is -2.12. The molecule has 0 bridgehead atoms. The van der Waals surface area contributed by atoms with E-state index in [2.05, 4.69) is 32.7 Å². The molecule has 1 nitrogen and oxygen atoms in total. The Labute approximate surface area is 81.0 Å². The van der Waals surface area contributed by atoms with E-state index in [1.165, 1.54) is 5.75 Å². The van der Waals surface area contributed by atoms with Crippen LogP contribution in [0.1, 0.15) is 20.8 Å². The largest absolute Gasteiger partial charge is 0.312 e. The molecule has 0 spiro atoms. The van der Waals surface area contributed by atoms with Crippen molar-refractivity contribution in [3.05, 3.63) is 12.7 Å². The van der Waals surface area contributed by atoms with Crippen LogP contribution in [-0.4, -0.2) is 24.1 Å². The minimum absolute atomic E-state index is 0.715. The van der Waals surface area contributed by atoms with Crippen LogP contribution in [0.5, 0.6) is 0 Å². The summed E-state index contributed by atoms with van der Waals surface area (Å²) in [5.74, 6) is 2.06. The molecule has 12 heavy (non-hydrogen) atoms. The summed E-state index contributed by atoms with van der Waals surface area (Å²) in [4.78, 5) is 0. The van der Waals surface area contributed by atoms with Gasteiger partial charge in [-0.25, -0.2) is 0 Å². The van der Waals surface area contributed by atoms with E-state index in [1.54, 1.807) is 0 Å². The molecule has 0 aliphatic carbocycles. The van der Waals surface area contributed by atoms with Crippen LogP contribution in [0.2, 0.25) is 0 Å². The Hall–Kier alpha value is 0.0500. The summed E-state index contributed by atoms with van der Waals surface area (Å²) in [5.41, 5.74) is 0. The first-order valence-corrected chi connectivity index (χ1v) is 5.65. The van der Waals surface area contributed by atoms with E-state index in [4.69, 9.17) is 0 Å². The average Bonchev–Trinajstić information content (AvgIpc) is 2.01. The van der Waals surface area contributed by atoms with Crippen LogP contribution in [0.15, 0.2) is 12.7 Å². The Kier molecular flexibility index (Phi) is 7.72. The first kappa shape index (κ1) is 12.0. The summed E-state index contributed by atoms with van der Waals surface area (Å²) in [5, 5.41) is 4.03. The molecule has 1 atom stereocenters. The van der Waals surface area contributed by atoms with Crippen molar-refractivity contribution in [2.75, 3.05) is 18.8 Å². The van der Waals surface area contributed by atoms with E-state index < -0.39 is 0 Å². The van der Waals surface area contributed by atoms with Crippen LogP contribution in [0.25, 0.3) is 0 Å². The molecule has 0 amide bonds. The van der Waals surface area contributed by atoms with Gasteiger partial charge in [-0.05, 0) is 11.7 Å². The summed E-state index contributed by atoms with van der Waals surface area (Å²) >= 11 is 2.04. The molecule has 0 saturated carbocycles. The number of hydrogen-bond acceptors (Lipinski definition) is 2. The molecule has 1 unspecified atom stereocenters. The van der Waals surface area contributed by atoms with Gasteiger partial charge in [0.1, 0.15) is 0 Å².